The van der Waals surface area contributed by atoms with Gasteiger partial charge in [0.25, 0.3) is 0 Å². The summed E-state index contributed by atoms with van der Waals surface area (Å²) in [6.45, 7) is 3.35. The summed E-state index contributed by atoms with van der Waals surface area (Å²) in [5.74, 6) is -3.07. The third kappa shape index (κ3) is 5.74. The summed E-state index contributed by atoms with van der Waals surface area (Å²) >= 11 is 0. The molecule has 0 aliphatic heterocycles. The van der Waals surface area contributed by atoms with Crippen LogP contribution in [0, 0.1) is 28.6 Å². The van der Waals surface area contributed by atoms with E-state index in [2.05, 4.69) is 12.2 Å². The van der Waals surface area contributed by atoms with E-state index < -0.39 is 53.4 Å². The monoisotopic (exact) mass is 609 g/mol. The average Bonchev–Trinajstić information content (AvgIpc) is 3.25. The van der Waals surface area contributed by atoms with Gasteiger partial charge in [-0.25, -0.2) is 4.79 Å². The number of carbonyl (C=O) groups excluding carboxylic acids is 4. The maximum absolute atomic E-state index is 13.5. The summed E-state index contributed by atoms with van der Waals surface area (Å²) in [7, 11) is 0. The Morgan fingerprint density at radius 1 is 1.05 bits per heavy atom. The minimum Gasteiger partial charge on any atom is -0.480 e. The highest BCUT2D eigenvalue weighted by molar-refractivity contribution is 5.92. The Balaban J connectivity index is 1.16. The Morgan fingerprint density at radius 2 is 1.77 bits per heavy atom. The first-order chi connectivity index (χ1) is 20.8. The topological polar surface area (TPSA) is 167 Å². The Hall–Kier alpha value is -3.37. The molecule has 238 valence electrons. The summed E-state index contributed by atoms with van der Waals surface area (Å²) in [5.41, 5.74) is -1.10. The van der Waals surface area contributed by atoms with E-state index >= 15 is 0 Å². The fourth-order valence-corrected chi connectivity index (χ4v) is 9.02. The standard InChI is InChI=1S/C34H43NO9/c1-32-14-12-22(36)17-21(32)8-9-23-24-13-15-34(43,33(24,2)18-26(37)30(23)32)27(38)19-44-29(40)11-10-28(39)35-25(31(41)42)16-20-6-4-3-5-7-20/h3-7,17,23-26,30,37,43H,8-16,18-19H2,1-2H3,(H,35,39)(H,41,42)/t23-,24+,25-,26+,30+,32+,33+,34+/m1/s1. The molecule has 3 fully saturated rings. The lowest BCUT2D eigenvalue weighted by molar-refractivity contribution is -0.184. The Kier molecular flexibility index (Phi) is 8.88. The number of carbonyl (C=O) groups is 5. The number of ketones is 2. The van der Waals surface area contributed by atoms with Gasteiger partial charge >= 0.3 is 11.9 Å². The highest BCUT2D eigenvalue weighted by Gasteiger charge is 2.68. The summed E-state index contributed by atoms with van der Waals surface area (Å²) in [6.07, 6.45) is 4.20. The van der Waals surface area contributed by atoms with Gasteiger partial charge in [-0.05, 0) is 73.3 Å². The second kappa shape index (κ2) is 12.2. The molecule has 0 heterocycles. The number of Topliss-reactive ketones (excluding diaryl/α,β-unsaturated/α-hetero) is 1. The molecule has 4 aliphatic carbocycles. The van der Waals surface area contributed by atoms with E-state index in [9.17, 15) is 39.3 Å². The molecule has 1 amide bonds. The van der Waals surface area contributed by atoms with Crippen molar-refractivity contribution in [3.05, 3.63) is 47.5 Å². The van der Waals surface area contributed by atoms with Crippen LogP contribution in [0.5, 0.6) is 0 Å². The molecular formula is C34H43NO9. The Labute approximate surface area is 257 Å². The molecule has 10 nitrogen and oxygen atoms in total. The second-order valence-electron chi connectivity index (χ2n) is 13.7. The van der Waals surface area contributed by atoms with Crippen LogP contribution in [0.3, 0.4) is 0 Å². The summed E-state index contributed by atoms with van der Waals surface area (Å²) in [4.78, 5) is 62.1. The number of nitrogens with one attached hydrogen (secondary N) is 1. The quantitative estimate of drug-likeness (QED) is 0.292. The number of benzene rings is 1. The van der Waals surface area contributed by atoms with Crippen LogP contribution in [-0.2, 0) is 35.1 Å². The van der Waals surface area contributed by atoms with E-state index in [1.165, 1.54) is 0 Å². The predicted octanol–water partition coefficient (Wildman–Crippen LogP) is 2.92. The minimum absolute atomic E-state index is 0.00156. The van der Waals surface area contributed by atoms with Gasteiger partial charge in [0.15, 0.2) is 12.4 Å². The van der Waals surface area contributed by atoms with E-state index in [-0.39, 0.29) is 61.1 Å². The summed E-state index contributed by atoms with van der Waals surface area (Å²) < 4.78 is 5.19. The molecule has 1 aromatic carbocycles. The maximum atomic E-state index is 13.5. The van der Waals surface area contributed by atoms with Crippen molar-refractivity contribution in [1.29, 1.82) is 0 Å². The van der Waals surface area contributed by atoms with Crippen molar-refractivity contribution in [2.75, 3.05) is 6.61 Å². The van der Waals surface area contributed by atoms with E-state index in [0.717, 1.165) is 24.0 Å². The van der Waals surface area contributed by atoms with Crippen LogP contribution >= 0.6 is 0 Å². The van der Waals surface area contributed by atoms with Crippen LogP contribution in [0.25, 0.3) is 0 Å². The van der Waals surface area contributed by atoms with Crippen LogP contribution in [0.4, 0.5) is 0 Å². The van der Waals surface area contributed by atoms with Gasteiger partial charge in [0.05, 0.1) is 12.5 Å². The third-order valence-electron chi connectivity index (χ3n) is 11.3. The normalized spacial score (nSPS) is 34.9. The number of carboxylic acid groups (broad SMARTS) is 1. The molecule has 0 aromatic heterocycles. The highest BCUT2D eigenvalue weighted by atomic mass is 16.5. The predicted molar refractivity (Wildman–Crippen MR) is 158 cm³/mol. The first-order valence-electron chi connectivity index (χ1n) is 15.7. The smallest absolute Gasteiger partial charge is 0.326 e. The number of aliphatic hydroxyl groups excluding tert-OH is 1. The number of esters is 1. The fourth-order valence-electron chi connectivity index (χ4n) is 9.02. The lowest BCUT2D eigenvalue weighted by Gasteiger charge is -2.60. The number of fused-ring (bicyclic) bond motifs is 5. The van der Waals surface area contributed by atoms with Crippen LogP contribution in [0.15, 0.2) is 42.0 Å². The van der Waals surface area contributed by atoms with Crippen molar-refractivity contribution in [2.24, 2.45) is 28.6 Å². The van der Waals surface area contributed by atoms with E-state index in [1.807, 2.05) is 6.92 Å². The van der Waals surface area contributed by atoms with Crippen LogP contribution < -0.4 is 5.32 Å². The van der Waals surface area contributed by atoms with Crippen LogP contribution in [0.2, 0.25) is 0 Å². The molecule has 4 aliphatic rings. The molecule has 0 spiro atoms. The molecule has 5 rings (SSSR count). The molecule has 0 saturated heterocycles. The van der Waals surface area contributed by atoms with Crippen molar-refractivity contribution in [3.8, 4) is 0 Å². The zero-order chi connectivity index (χ0) is 31.9. The van der Waals surface area contributed by atoms with Crippen LogP contribution in [-0.4, -0.2) is 69.1 Å². The molecule has 10 heteroatoms. The molecule has 4 N–H and O–H groups in total. The molecule has 44 heavy (non-hydrogen) atoms. The molecular weight excluding hydrogens is 566 g/mol. The molecule has 3 saturated carbocycles. The first kappa shape index (κ1) is 32.0. The fraction of sp³-hybridized carbons (Fsp3) is 0.618. The summed E-state index contributed by atoms with van der Waals surface area (Å²) in [5, 5.41) is 35.3. The average molecular weight is 610 g/mol. The van der Waals surface area contributed by atoms with Gasteiger partial charge in [-0.3, -0.25) is 19.2 Å². The zero-order valence-corrected chi connectivity index (χ0v) is 25.4. The highest BCUT2D eigenvalue weighted by Crippen LogP contribution is 2.67. The second-order valence-corrected chi connectivity index (χ2v) is 13.7. The molecule has 0 radical (unpaired) electrons. The van der Waals surface area contributed by atoms with E-state index in [4.69, 9.17) is 4.74 Å². The number of rotatable bonds is 10. The largest absolute Gasteiger partial charge is 0.480 e. The molecule has 8 atom stereocenters. The number of allylic oxidation sites excluding steroid dienone is 1. The van der Waals surface area contributed by atoms with Crippen LogP contribution in [0.1, 0.15) is 77.2 Å². The van der Waals surface area contributed by atoms with Gasteiger partial charge in [0, 0.05) is 24.7 Å². The zero-order valence-electron chi connectivity index (χ0n) is 25.4. The number of ether oxygens (including phenoxy) is 1. The van der Waals surface area contributed by atoms with Crippen molar-refractivity contribution < 1.29 is 44.0 Å². The molecule has 0 bridgehead atoms. The number of aliphatic hydroxyl groups is 2. The van der Waals surface area contributed by atoms with Crippen molar-refractivity contribution in [1.82, 2.24) is 5.32 Å². The number of amides is 1. The van der Waals surface area contributed by atoms with Crippen molar-refractivity contribution >= 4 is 29.4 Å². The lowest BCUT2D eigenvalue weighted by atomic mass is 9.45. The number of hydrogen-bond acceptors (Lipinski definition) is 8. The number of carboxylic acids is 1. The SMILES string of the molecule is C[C@]12CCC(=O)C=C1CC[C@H]1[C@H]2[C@@H](O)C[C@@]2(C)[C@H]1CC[C@]2(O)C(=O)COC(=O)CCC(=O)N[C@H](Cc1ccccc1)C(=O)O. The first-order valence-corrected chi connectivity index (χ1v) is 15.7. The third-order valence-corrected chi connectivity index (χ3v) is 11.3. The number of aliphatic carboxylic acids is 1. The number of hydrogen-bond donors (Lipinski definition) is 4. The Morgan fingerprint density at radius 3 is 2.48 bits per heavy atom. The lowest BCUT2D eigenvalue weighted by Crippen LogP contribution is -2.62. The van der Waals surface area contributed by atoms with E-state index in [0.29, 0.717) is 19.3 Å². The molecule has 1 aromatic rings. The van der Waals surface area contributed by atoms with Gasteiger partial charge in [-0.15, -0.1) is 0 Å². The van der Waals surface area contributed by atoms with Gasteiger partial charge in [0.1, 0.15) is 11.6 Å². The Bertz CT molecular complexity index is 1360. The minimum atomic E-state index is -1.77. The van der Waals surface area contributed by atoms with Gasteiger partial charge in [-0.1, -0.05) is 49.8 Å². The maximum Gasteiger partial charge on any atom is 0.326 e. The summed E-state index contributed by atoms with van der Waals surface area (Å²) in [6, 6.07) is 7.70. The van der Waals surface area contributed by atoms with Crippen molar-refractivity contribution in [3.63, 3.8) is 0 Å². The van der Waals surface area contributed by atoms with Gasteiger partial charge < -0.3 is 25.4 Å². The van der Waals surface area contributed by atoms with Gasteiger partial charge in [-0.2, -0.15) is 0 Å². The van der Waals surface area contributed by atoms with E-state index in [1.54, 1.807) is 36.4 Å². The van der Waals surface area contributed by atoms with Crippen molar-refractivity contribution in [2.45, 2.75) is 95.8 Å². The molecule has 0 unspecified atom stereocenters. The van der Waals surface area contributed by atoms with Gasteiger partial charge in [0.2, 0.25) is 11.7 Å².